The molecule has 0 saturated carbocycles. The van der Waals surface area contributed by atoms with E-state index in [4.69, 9.17) is 0 Å². The molecule has 0 aliphatic heterocycles. The molecule has 130 valence electrons. The van der Waals surface area contributed by atoms with Crippen LogP contribution < -0.4 is 10.6 Å². The largest absolute Gasteiger partial charge is 0.329 e. The molecule has 0 atom stereocenters. The predicted molar refractivity (Wildman–Crippen MR) is 98.8 cm³/mol. The summed E-state index contributed by atoms with van der Waals surface area (Å²) in [4.78, 5) is 35.5. The molecule has 2 heterocycles. The third-order valence-electron chi connectivity index (χ3n) is 3.90. The van der Waals surface area contributed by atoms with Gasteiger partial charge in [-0.15, -0.1) is 0 Å². The number of nitrogens with one attached hydrogen (secondary N) is 2. The maximum atomic E-state index is 12.3. The van der Waals surface area contributed by atoms with Gasteiger partial charge in [-0.25, -0.2) is 4.98 Å². The number of anilines is 2. The van der Waals surface area contributed by atoms with E-state index in [-0.39, 0.29) is 5.91 Å². The van der Waals surface area contributed by atoms with Crippen molar-refractivity contribution in [2.45, 2.75) is 13.8 Å². The van der Waals surface area contributed by atoms with Crippen molar-refractivity contribution < 1.29 is 9.59 Å². The predicted octanol–water partition coefficient (Wildman–Crippen LogP) is 2.98. The molecule has 0 bridgehead atoms. The van der Waals surface area contributed by atoms with Crippen molar-refractivity contribution >= 4 is 23.8 Å². The summed E-state index contributed by atoms with van der Waals surface area (Å²) < 4.78 is 0. The van der Waals surface area contributed by atoms with Gasteiger partial charge in [0.05, 0.1) is 18.1 Å². The minimum Gasteiger partial charge on any atom is -0.329 e. The van der Waals surface area contributed by atoms with Crippen molar-refractivity contribution in [2.24, 2.45) is 0 Å². The standard InChI is InChI=1S/C19H17N5O2/c1-12-3-4-14(23-11-25)7-16(12)17-9-22-18(10-21-17)24-19(26)15-5-6-20-8-13(15)2/h3-11H,1-2H3,(H,23,25)(H,22,24,26). The zero-order valence-electron chi connectivity index (χ0n) is 14.4. The fourth-order valence-electron chi connectivity index (χ4n) is 2.50. The van der Waals surface area contributed by atoms with Gasteiger partial charge in [0.2, 0.25) is 6.41 Å². The number of pyridine rings is 1. The van der Waals surface area contributed by atoms with E-state index in [1.807, 2.05) is 32.0 Å². The van der Waals surface area contributed by atoms with Crippen molar-refractivity contribution in [3.05, 3.63) is 65.7 Å². The normalized spacial score (nSPS) is 10.2. The Balaban J connectivity index is 1.81. The molecule has 1 aromatic carbocycles. The van der Waals surface area contributed by atoms with E-state index >= 15 is 0 Å². The number of hydrogen-bond acceptors (Lipinski definition) is 5. The zero-order valence-corrected chi connectivity index (χ0v) is 14.4. The van der Waals surface area contributed by atoms with Gasteiger partial charge in [0.15, 0.2) is 5.82 Å². The van der Waals surface area contributed by atoms with Gasteiger partial charge in [-0.3, -0.25) is 19.6 Å². The number of benzene rings is 1. The Bertz CT molecular complexity index is 954. The van der Waals surface area contributed by atoms with Gasteiger partial charge in [0, 0.05) is 29.2 Å². The van der Waals surface area contributed by atoms with Crippen LogP contribution in [0, 0.1) is 13.8 Å². The number of hydrogen-bond donors (Lipinski definition) is 2. The molecule has 26 heavy (non-hydrogen) atoms. The lowest BCUT2D eigenvalue weighted by Crippen LogP contribution is -2.14. The van der Waals surface area contributed by atoms with E-state index in [0.717, 1.165) is 16.7 Å². The highest BCUT2D eigenvalue weighted by atomic mass is 16.1. The summed E-state index contributed by atoms with van der Waals surface area (Å²) in [6.07, 6.45) is 6.91. The van der Waals surface area contributed by atoms with Crippen LogP contribution in [0.25, 0.3) is 11.3 Å². The highest BCUT2D eigenvalue weighted by molar-refractivity contribution is 6.04. The summed E-state index contributed by atoms with van der Waals surface area (Å²) in [6.45, 7) is 3.77. The molecule has 3 aromatic rings. The fourth-order valence-corrected chi connectivity index (χ4v) is 2.50. The smallest absolute Gasteiger partial charge is 0.257 e. The summed E-state index contributed by atoms with van der Waals surface area (Å²) in [7, 11) is 0. The van der Waals surface area contributed by atoms with Crippen LogP contribution in [0.5, 0.6) is 0 Å². The lowest BCUT2D eigenvalue weighted by molar-refractivity contribution is -0.105. The fraction of sp³-hybridized carbons (Fsp3) is 0.105. The van der Waals surface area contributed by atoms with Crippen LogP contribution in [0.15, 0.2) is 49.1 Å². The van der Waals surface area contributed by atoms with E-state index in [9.17, 15) is 9.59 Å². The van der Waals surface area contributed by atoms with E-state index in [1.54, 1.807) is 24.7 Å². The molecule has 3 rings (SSSR count). The van der Waals surface area contributed by atoms with Gasteiger partial charge >= 0.3 is 0 Å². The van der Waals surface area contributed by atoms with Gasteiger partial charge < -0.3 is 10.6 Å². The Morgan fingerprint density at radius 2 is 1.88 bits per heavy atom. The van der Waals surface area contributed by atoms with Crippen molar-refractivity contribution in [2.75, 3.05) is 10.6 Å². The SMILES string of the molecule is Cc1cnccc1C(=O)Nc1cnc(-c2cc(NC=O)ccc2C)cn1. The van der Waals surface area contributed by atoms with Gasteiger partial charge in [-0.05, 0) is 43.2 Å². The first-order valence-electron chi connectivity index (χ1n) is 7.93. The summed E-state index contributed by atoms with van der Waals surface area (Å²) in [5.41, 5.74) is 4.49. The van der Waals surface area contributed by atoms with Crippen LogP contribution in [-0.4, -0.2) is 27.3 Å². The molecule has 0 aliphatic carbocycles. The average Bonchev–Trinajstić information content (AvgIpc) is 2.64. The van der Waals surface area contributed by atoms with Crippen molar-refractivity contribution in [3.63, 3.8) is 0 Å². The summed E-state index contributed by atoms with van der Waals surface area (Å²) >= 11 is 0. The quantitative estimate of drug-likeness (QED) is 0.692. The number of nitrogens with zero attached hydrogens (tertiary/aromatic N) is 3. The minimum absolute atomic E-state index is 0.264. The zero-order chi connectivity index (χ0) is 18.5. The summed E-state index contributed by atoms with van der Waals surface area (Å²) in [5.74, 6) is 0.0927. The molecular formula is C19H17N5O2. The number of carbonyl (C=O) groups excluding carboxylic acids is 2. The van der Waals surface area contributed by atoms with Crippen molar-refractivity contribution in [1.82, 2.24) is 15.0 Å². The Morgan fingerprint density at radius 3 is 2.58 bits per heavy atom. The second kappa shape index (κ2) is 7.52. The maximum Gasteiger partial charge on any atom is 0.257 e. The van der Waals surface area contributed by atoms with Gasteiger partial charge in [-0.1, -0.05) is 6.07 Å². The third kappa shape index (κ3) is 3.72. The number of aromatic nitrogens is 3. The van der Waals surface area contributed by atoms with E-state index in [2.05, 4.69) is 25.6 Å². The van der Waals surface area contributed by atoms with Crippen LogP contribution >= 0.6 is 0 Å². The second-order valence-corrected chi connectivity index (χ2v) is 5.72. The molecule has 2 amide bonds. The highest BCUT2D eigenvalue weighted by Gasteiger charge is 2.11. The first-order chi connectivity index (χ1) is 12.6. The Labute approximate surface area is 150 Å². The first kappa shape index (κ1) is 17.2. The molecule has 7 heteroatoms. The number of amides is 2. The lowest BCUT2D eigenvalue weighted by Gasteiger charge is -2.09. The molecule has 0 spiro atoms. The van der Waals surface area contributed by atoms with Gasteiger partial charge in [-0.2, -0.15) is 0 Å². The van der Waals surface area contributed by atoms with Crippen LogP contribution in [0.1, 0.15) is 21.5 Å². The number of aryl methyl sites for hydroxylation is 2. The molecule has 0 aliphatic rings. The van der Waals surface area contributed by atoms with Crippen LogP contribution in [0.4, 0.5) is 11.5 Å². The van der Waals surface area contributed by atoms with Gasteiger partial charge in [0.25, 0.3) is 5.91 Å². The first-order valence-corrected chi connectivity index (χ1v) is 7.93. The third-order valence-corrected chi connectivity index (χ3v) is 3.90. The molecule has 0 saturated heterocycles. The second-order valence-electron chi connectivity index (χ2n) is 5.72. The van der Waals surface area contributed by atoms with Crippen molar-refractivity contribution in [3.8, 4) is 11.3 Å². The van der Waals surface area contributed by atoms with Crippen molar-refractivity contribution in [1.29, 1.82) is 0 Å². The Kier molecular flexibility index (Phi) is 4.98. The Morgan fingerprint density at radius 1 is 1.04 bits per heavy atom. The minimum atomic E-state index is -0.264. The topological polar surface area (TPSA) is 96.9 Å². The van der Waals surface area contributed by atoms with E-state index in [1.165, 1.54) is 6.20 Å². The number of rotatable bonds is 5. The molecule has 0 fully saturated rings. The van der Waals surface area contributed by atoms with Gasteiger partial charge in [0.1, 0.15) is 0 Å². The van der Waals surface area contributed by atoms with Crippen LogP contribution in [0.2, 0.25) is 0 Å². The summed E-state index contributed by atoms with van der Waals surface area (Å²) in [6, 6.07) is 7.19. The lowest BCUT2D eigenvalue weighted by atomic mass is 10.1. The van der Waals surface area contributed by atoms with Crippen LogP contribution in [0.3, 0.4) is 0 Å². The molecule has 2 N–H and O–H groups in total. The molecule has 2 aromatic heterocycles. The van der Waals surface area contributed by atoms with E-state index in [0.29, 0.717) is 29.2 Å². The van der Waals surface area contributed by atoms with Crippen LogP contribution in [-0.2, 0) is 4.79 Å². The summed E-state index contributed by atoms with van der Waals surface area (Å²) in [5, 5.41) is 5.34. The molecule has 7 nitrogen and oxygen atoms in total. The monoisotopic (exact) mass is 347 g/mol. The molecule has 0 radical (unpaired) electrons. The van der Waals surface area contributed by atoms with E-state index < -0.39 is 0 Å². The number of carbonyl (C=O) groups is 2. The maximum absolute atomic E-state index is 12.3. The Hall–Kier alpha value is -3.61. The highest BCUT2D eigenvalue weighted by Crippen LogP contribution is 2.25. The molecule has 0 unspecified atom stereocenters. The molecular weight excluding hydrogens is 330 g/mol. The average molecular weight is 347 g/mol.